The molecule has 1 unspecified atom stereocenters. The summed E-state index contributed by atoms with van der Waals surface area (Å²) in [7, 11) is -1.72. The normalized spacial score (nSPS) is 20.4. The maximum atomic E-state index is 13.3. The first-order chi connectivity index (χ1) is 9.29. The third-order valence-electron chi connectivity index (χ3n) is 3.39. The Bertz CT molecular complexity index is 609. The molecule has 1 saturated heterocycles. The number of hydrogen-bond acceptors (Lipinski definition) is 4. The van der Waals surface area contributed by atoms with Crippen molar-refractivity contribution in [1.29, 1.82) is 0 Å². The highest BCUT2D eigenvalue weighted by Gasteiger charge is 2.24. The number of nitrogen functional groups attached to an aromatic ring is 1. The van der Waals surface area contributed by atoms with Crippen LogP contribution in [0.15, 0.2) is 21.5 Å². The number of anilines is 1. The molecule has 0 bridgehead atoms. The largest absolute Gasteiger partial charge is 0.398 e. The van der Waals surface area contributed by atoms with Crippen molar-refractivity contribution in [2.75, 3.05) is 32.4 Å². The molecule has 20 heavy (non-hydrogen) atoms. The number of nitrogens with zero attached hydrogens (tertiary/aromatic N) is 1. The van der Waals surface area contributed by atoms with Gasteiger partial charge in [0, 0.05) is 13.1 Å². The number of nitrogens with two attached hydrogens (primary N) is 1. The van der Waals surface area contributed by atoms with E-state index in [4.69, 9.17) is 5.73 Å². The Kier molecular flexibility index (Phi) is 4.68. The molecular weight excluding hydrogens is 349 g/mol. The number of halogens is 2. The predicted molar refractivity (Wildman–Crippen MR) is 79.3 cm³/mol. The third kappa shape index (κ3) is 3.49. The highest BCUT2D eigenvalue weighted by Crippen LogP contribution is 2.26. The van der Waals surface area contributed by atoms with Gasteiger partial charge in [0.15, 0.2) is 0 Å². The van der Waals surface area contributed by atoms with Crippen LogP contribution in [0.4, 0.5) is 10.1 Å². The molecule has 0 aliphatic carbocycles. The molecule has 3 N–H and O–H groups in total. The number of rotatable bonds is 4. The Morgan fingerprint density at radius 3 is 2.85 bits per heavy atom. The average molecular weight is 366 g/mol. The third-order valence-corrected chi connectivity index (χ3v) is 5.48. The Balaban J connectivity index is 2.12. The van der Waals surface area contributed by atoms with Gasteiger partial charge in [0.05, 0.1) is 10.2 Å². The minimum absolute atomic E-state index is 0.0766. The van der Waals surface area contributed by atoms with Crippen molar-refractivity contribution in [2.24, 2.45) is 5.92 Å². The first kappa shape index (κ1) is 15.7. The van der Waals surface area contributed by atoms with Crippen molar-refractivity contribution in [1.82, 2.24) is 9.62 Å². The van der Waals surface area contributed by atoms with E-state index in [2.05, 4.69) is 25.6 Å². The van der Waals surface area contributed by atoms with Crippen molar-refractivity contribution < 1.29 is 12.8 Å². The molecule has 0 radical (unpaired) electrons. The highest BCUT2D eigenvalue weighted by molar-refractivity contribution is 9.10. The molecule has 1 aliphatic rings. The number of sulfonamides is 1. The van der Waals surface area contributed by atoms with E-state index in [1.807, 2.05) is 7.05 Å². The summed E-state index contributed by atoms with van der Waals surface area (Å²) in [5.41, 5.74) is 5.50. The van der Waals surface area contributed by atoms with Crippen molar-refractivity contribution in [3.63, 3.8) is 0 Å². The lowest BCUT2D eigenvalue weighted by molar-refractivity contribution is 0.394. The predicted octanol–water partition coefficient (Wildman–Crippen LogP) is 1.40. The molecule has 1 aliphatic heterocycles. The van der Waals surface area contributed by atoms with Crippen molar-refractivity contribution in [3.8, 4) is 0 Å². The maximum Gasteiger partial charge on any atom is 0.242 e. The number of benzene rings is 1. The Labute approximate surface area is 126 Å². The minimum atomic E-state index is -3.73. The summed E-state index contributed by atoms with van der Waals surface area (Å²) >= 11 is 2.97. The zero-order valence-electron chi connectivity index (χ0n) is 11.1. The lowest BCUT2D eigenvalue weighted by Crippen LogP contribution is -2.31. The van der Waals surface area contributed by atoms with Crippen LogP contribution in [-0.4, -0.2) is 40.0 Å². The molecule has 1 atom stereocenters. The number of hydrogen-bond donors (Lipinski definition) is 2. The van der Waals surface area contributed by atoms with Crippen LogP contribution in [0.25, 0.3) is 0 Å². The summed E-state index contributed by atoms with van der Waals surface area (Å²) in [6.45, 7) is 2.20. The van der Waals surface area contributed by atoms with Crippen molar-refractivity contribution in [2.45, 2.75) is 11.3 Å². The topological polar surface area (TPSA) is 75.4 Å². The van der Waals surface area contributed by atoms with E-state index in [1.54, 1.807) is 0 Å². The van der Waals surface area contributed by atoms with Gasteiger partial charge in [-0.15, -0.1) is 0 Å². The fourth-order valence-electron chi connectivity index (χ4n) is 2.27. The van der Waals surface area contributed by atoms with E-state index < -0.39 is 15.8 Å². The Morgan fingerprint density at radius 1 is 1.55 bits per heavy atom. The molecule has 8 heteroatoms. The average Bonchev–Trinajstić information content (AvgIpc) is 2.77. The standard InChI is InChI=1S/C12H17BrFN3O2S/c1-17-3-2-8(7-17)6-16-20(18,19)12-4-9(13)10(14)5-11(12)15/h4-5,8,16H,2-3,6-7,15H2,1H3. The molecule has 0 aromatic heterocycles. The van der Waals surface area contributed by atoms with Gasteiger partial charge in [0.1, 0.15) is 10.7 Å². The molecule has 5 nitrogen and oxygen atoms in total. The van der Waals surface area contributed by atoms with Crippen molar-refractivity contribution >= 4 is 31.6 Å². The summed E-state index contributed by atoms with van der Waals surface area (Å²) in [6.07, 6.45) is 0.960. The molecule has 1 aromatic carbocycles. The second kappa shape index (κ2) is 5.97. The van der Waals surface area contributed by atoms with E-state index in [0.29, 0.717) is 12.5 Å². The zero-order chi connectivity index (χ0) is 14.9. The van der Waals surface area contributed by atoms with Crippen LogP contribution in [0.5, 0.6) is 0 Å². The van der Waals surface area contributed by atoms with Gasteiger partial charge in [-0.3, -0.25) is 0 Å². The van der Waals surface area contributed by atoms with Gasteiger partial charge in [0.25, 0.3) is 0 Å². The Hall–Kier alpha value is -0.700. The van der Waals surface area contributed by atoms with Crippen LogP contribution in [0.2, 0.25) is 0 Å². The maximum absolute atomic E-state index is 13.3. The molecule has 0 spiro atoms. The minimum Gasteiger partial charge on any atom is -0.398 e. The molecule has 0 amide bonds. The van der Waals surface area contributed by atoms with E-state index >= 15 is 0 Å². The van der Waals surface area contributed by atoms with Crippen LogP contribution in [-0.2, 0) is 10.0 Å². The quantitative estimate of drug-likeness (QED) is 0.790. The fourth-order valence-corrected chi connectivity index (χ4v) is 4.02. The highest BCUT2D eigenvalue weighted by atomic mass is 79.9. The summed E-state index contributed by atoms with van der Waals surface area (Å²) in [4.78, 5) is 2.05. The molecule has 1 aromatic rings. The molecule has 1 fully saturated rings. The lowest BCUT2D eigenvalue weighted by Gasteiger charge is -2.13. The molecule has 2 rings (SSSR count). The van der Waals surface area contributed by atoms with Gasteiger partial charge in [-0.25, -0.2) is 17.5 Å². The van der Waals surface area contributed by atoms with Crippen LogP contribution in [0, 0.1) is 11.7 Å². The van der Waals surface area contributed by atoms with E-state index in [1.165, 1.54) is 6.07 Å². The van der Waals surface area contributed by atoms with Gasteiger partial charge in [-0.05, 0) is 54.0 Å². The Morgan fingerprint density at radius 2 is 2.25 bits per heavy atom. The first-order valence-corrected chi connectivity index (χ1v) is 8.50. The van der Waals surface area contributed by atoms with E-state index in [-0.39, 0.29) is 15.1 Å². The van der Waals surface area contributed by atoms with E-state index in [9.17, 15) is 12.8 Å². The lowest BCUT2D eigenvalue weighted by atomic mass is 10.1. The van der Waals surface area contributed by atoms with Crippen LogP contribution >= 0.6 is 15.9 Å². The van der Waals surface area contributed by atoms with Gasteiger partial charge in [-0.2, -0.15) is 0 Å². The SMILES string of the molecule is CN1CCC(CNS(=O)(=O)c2cc(Br)c(F)cc2N)C1. The van der Waals surface area contributed by atoms with Crippen molar-refractivity contribution in [3.05, 3.63) is 22.4 Å². The second-order valence-corrected chi connectivity index (χ2v) is 7.66. The zero-order valence-corrected chi connectivity index (χ0v) is 13.5. The number of likely N-dealkylation sites (tertiary alicyclic amines) is 1. The smallest absolute Gasteiger partial charge is 0.242 e. The fraction of sp³-hybridized carbons (Fsp3) is 0.500. The van der Waals surface area contributed by atoms with Gasteiger partial charge in [-0.1, -0.05) is 0 Å². The summed E-state index contributed by atoms with van der Waals surface area (Å²) in [5.74, 6) is -0.293. The van der Waals surface area contributed by atoms with Gasteiger partial charge >= 0.3 is 0 Å². The van der Waals surface area contributed by atoms with Crippen LogP contribution in [0.1, 0.15) is 6.42 Å². The van der Waals surface area contributed by atoms with Gasteiger partial charge < -0.3 is 10.6 Å². The summed E-state index contributed by atoms with van der Waals surface area (Å²) in [6, 6.07) is 2.19. The van der Waals surface area contributed by atoms with E-state index in [0.717, 1.165) is 25.6 Å². The van der Waals surface area contributed by atoms with Crippen LogP contribution < -0.4 is 10.5 Å². The molecule has 1 heterocycles. The summed E-state index contributed by atoms with van der Waals surface area (Å²) in [5, 5.41) is 0. The monoisotopic (exact) mass is 365 g/mol. The van der Waals surface area contributed by atoms with Crippen LogP contribution in [0.3, 0.4) is 0 Å². The molecule has 112 valence electrons. The number of nitrogens with one attached hydrogen (secondary N) is 1. The second-order valence-electron chi connectivity index (χ2n) is 5.07. The van der Waals surface area contributed by atoms with Gasteiger partial charge in [0.2, 0.25) is 10.0 Å². The molecule has 0 saturated carbocycles. The first-order valence-electron chi connectivity index (χ1n) is 6.22. The summed E-state index contributed by atoms with van der Waals surface area (Å²) < 4.78 is 40.3. The molecular formula is C12H17BrFN3O2S.